The molecule has 2 aromatic carbocycles. The number of esters is 1. The highest BCUT2D eigenvalue weighted by atomic mass is 16.5. The second-order valence-electron chi connectivity index (χ2n) is 6.50. The Bertz CT molecular complexity index is 943. The van der Waals surface area contributed by atoms with Crippen LogP contribution in [0.3, 0.4) is 0 Å². The summed E-state index contributed by atoms with van der Waals surface area (Å²) in [4.78, 5) is 38.5. The number of rotatable bonds is 6. The summed E-state index contributed by atoms with van der Waals surface area (Å²) in [5.74, 6) is -0.412. The van der Waals surface area contributed by atoms with Crippen molar-refractivity contribution < 1.29 is 28.6 Å². The minimum Gasteiger partial charge on any atom is -0.497 e. The van der Waals surface area contributed by atoms with E-state index in [1.165, 1.54) is 32.3 Å². The molecular weight excluding hydrogens is 376 g/mol. The molecule has 2 amide bonds. The van der Waals surface area contributed by atoms with Crippen molar-refractivity contribution >= 4 is 29.2 Å². The summed E-state index contributed by atoms with van der Waals surface area (Å²) in [6.07, 6.45) is 0.0723. The Morgan fingerprint density at radius 3 is 2.55 bits per heavy atom. The van der Waals surface area contributed by atoms with Crippen molar-refractivity contribution in [2.75, 3.05) is 38.1 Å². The van der Waals surface area contributed by atoms with Gasteiger partial charge in [0.2, 0.25) is 11.8 Å². The fraction of sp³-hybridized carbons (Fsp3) is 0.286. The number of hydrogen-bond donors (Lipinski definition) is 1. The summed E-state index contributed by atoms with van der Waals surface area (Å²) in [6, 6.07) is 11.6. The van der Waals surface area contributed by atoms with Gasteiger partial charge in [0.05, 0.1) is 38.5 Å². The molecule has 2 aromatic rings. The summed E-state index contributed by atoms with van der Waals surface area (Å²) < 4.78 is 15.3. The molecule has 3 rings (SSSR count). The van der Waals surface area contributed by atoms with Gasteiger partial charge in [-0.15, -0.1) is 0 Å². The van der Waals surface area contributed by atoms with Crippen molar-refractivity contribution in [3.63, 3.8) is 0 Å². The van der Waals surface area contributed by atoms with Crippen molar-refractivity contribution in [3.05, 3.63) is 48.0 Å². The van der Waals surface area contributed by atoms with Gasteiger partial charge < -0.3 is 24.4 Å². The number of ether oxygens (including phenoxy) is 3. The Hall–Kier alpha value is -3.55. The van der Waals surface area contributed by atoms with E-state index in [1.54, 1.807) is 36.4 Å². The van der Waals surface area contributed by atoms with Crippen LogP contribution in [0, 0.1) is 5.92 Å². The molecule has 1 heterocycles. The number of amides is 2. The van der Waals surface area contributed by atoms with Gasteiger partial charge in [-0.05, 0) is 30.3 Å². The van der Waals surface area contributed by atoms with Gasteiger partial charge in [-0.1, -0.05) is 6.07 Å². The van der Waals surface area contributed by atoms with E-state index in [1.807, 2.05) is 0 Å². The average Bonchev–Trinajstić information content (AvgIpc) is 3.14. The topological polar surface area (TPSA) is 94.2 Å². The lowest BCUT2D eigenvalue weighted by Gasteiger charge is -2.20. The lowest BCUT2D eigenvalue weighted by Crippen LogP contribution is -2.28. The first kappa shape index (κ1) is 20.2. The Morgan fingerprint density at radius 1 is 1.07 bits per heavy atom. The Morgan fingerprint density at radius 2 is 1.86 bits per heavy atom. The van der Waals surface area contributed by atoms with E-state index in [4.69, 9.17) is 9.47 Å². The van der Waals surface area contributed by atoms with E-state index in [9.17, 15) is 14.4 Å². The van der Waals surface area contributed by atoms with Crippen LogP contribution >= 0.6 is 0 Å². The monoisotopic (exact) mass is 398 g/mol. The molecule has 1 unspecified atom stereocenters. The highest BCUT2D eigenvalue weighted by molar-refractivity contribution is 6.04. The lowest BCUT2D eigenvalue weighted by molar-refractivity contribution is -0.122. The second kappa shape index (κ2) is 8.64. The number of anilines is 2. The maximum absolute atomic E-state index is 12.7. The van der Waals surface area contributed by atoms with Gasteiger partial charge in [-0.2, -0.15) is 0 Å². The van der Waals surface area contributed by atoms with Crippen LogP contribution < -0.4 is 19.7 Å². The van der Waals surface area contributed by atoms with E-state index < -0.39 is 11.9 Å². The molecule has 1 N–H and O–H groups in total. The molecule has 1 aliphatic heterocycles. The molecule has 1 atom stereocenters. The maximum Gasteiger partial charge on any atom is 0.337 e. The zero-order chi connectivity index (χ0) is 21.0. The predicted octanol–water partition coefficient (Wildman–Crippen LogP) is 2.48. The number of carbonyl (C=O) groups is 3. The highest BCUT2D eigenvalue weighted by Crippen LogP contribution is 2.36. The molecule has 8 nitrogen and oxygen atoms in total. The van der Waals surface area contributed by atoms with Gasteiger partial charge in [0, 0.05) is 24.7 Å². The lowest BCUT2D eigenvalue weighted by atomic mass is 10.1. The van der Waals surface area contributed by atoms with Crippen LogP contribution in [0.25, 0.3) is 0 Å². The van der Waals surface area contributed by atoms with Crippen LogP contribution in [0.1, 0.15) is 16.8 Å². The first-order chi connectivity index (χ1) is 14.0. The molecule has 0 aliphatic carbocycles. The number of nitrogens with one attached hydrogen (secondary N) is 1. The first-order valence-corrected chi connectivity index (χ1v) is 8.98. The number of benzene rings is 2. The largest absolute Gasteiger partial charge is 0.497 e. The number of hydrogen-bond acceptors (Lipinski definition) is 6. The number of carbonyl (C=O) groups excluding carboxylic acids is 3. The quantitative estimate of drug-likeness (QED) is 0.752. The van der Waals surface area contributed by atoms with Crippen LogP contribution in [0.5, 0.6) is 11.5 Å². The molecule has 1 saturated heterocycles. The average molecular weight is 398 g/mol. The SMILES string of the molecule is COC(=O)c1cccc(NC(=O)C2CC(=O)N(c3cc(OC)ccc3OC)C2)c1. The molecular formula is C21H22N2O6. The molecule has 8 heteroatoms. The molecule has 1 fully saturated rings. The second-order valence-corrected chi connectivity index (χ2v) is 6.50. The molecule has 0 bridgehead atoms. The standard InChI is InChI=1S/C21H22N2O6/c1-27-16-7-8-18(28-2)17(11-16)23-12-14(10-19(23)24)20(25)22-15-6-4-5-13(9-15)21(26)29-3/h4-9,11,14H,10,12H2,1-3H3,(H,22,25). The van der Waals surface area contributed by atoms with Gasteiger partial charge in [0.15, 0.2) is 0 Å². The summed E-state index contributed by atoms with van der Waals surface area (Å²) in [7, 11) is 4.35. The molecule has 152 valence electrons. The maximum atomic E-state index is 12.7. The fourth-order valence-corrected chi connectivity index (χ4v) is 3.21. The van der Waals surface area contributed by atoms with Gasteiger partial charge >= 0.3 is 5.97 Å². The zero-order valence-electron chi connectivity index (χ0n) is 16.4. The molecule has 29 heavy (non-hydrogen) atoms. The van der Waals surface area contributed by atoms with E-state index in [0.717, 1.165) is 0 Å². The third-order valence-corrected chi connectivity index (χ3v) is 4.72. The van der Waals surface area contributed by atoms with E-state index >= 15 is 0 Å². The minimum atomic E-state index is -0.541. The highest BCUT2D eigenvalue weighted by Gasteiger charge is 2.36. The van der Waals surface area contributed by atoms with Crippen LogP contribution in [0.2, 0.25) is 0 Å². The first-order valence-electron chi connectivity index (χ1n) is 8.98. The molecule has 0 spiro atoms. The van der Waals surface area contributed by atoms with Crippen LogP contribution in [-0.4, -0.2) is 45.7 Å². The molecule has 0 saturated carbocycles. The third-order valence-electron chi connectivity index (χ3n) is 4.72. The minimum absolute atomic E-state index is 0.0723. The molecule has 0 radical (unpaired) electrons. The van der Waals surface area contributed by atoms with Crippen molar-refractivity contribution in [1.82, 2.24) is 0 Å². The summed E-state index contributed by atoms with van der Waals surface area (Å²) in [5.41, 5.74) is 1.35. The number of nitrogens with zero attached hydrogens (tertiary/aromatic N) is 1. The van der Waals surface area contributed by atoms with Gasteiger partial charge in [-0.25, -0.2) is 4.79 Å². The van der Waals surface area contributed by atoms with E-state index in [2.05, 4.69) is 10.1 Å². The predicted molar refractivity (Wildman–Crippen MR) is 106 cm³/mol. The van der Waals surface area contributed by atoms with Gasteiger partial charge in [0.25, 0.3) is 0 Å². The Kier molecular flexibility index (Phi) is 6.01. The van der Waals surface area contributed by atoms with Gasteiger partial charge in [0.1, 0.15) is 11.5 Å². The van der Waals surface area contributed by atoms with Crippen LogP contribution in [-0.2, 0) is 14.3 Å². The fourth-order valence-electron chi connectivity index (χ4n) is 3.21. The molecule has 0 aromatic heterocycles. The van der Waals surface area contributed by atoms with Crippen molar-refractivity contribution in [2.45, 2.75) is 6.42 Å². The van der Waals surface area contributed by atoms with Crippen LogP contribution in [0.4, 0.5) is 11.4 Å². The van der Waals surface area contributed by atoms with Crippen molar-refractivity contribution in [2.24, 2.45) is 5.92 Å². The summed E-state index contributed by atoms with van der Waals surface area (Å²) >= 11 is 0. The van der Waals surface area contributed by atoms with E-state index in [0.29, 0.717) is 28.4 Å². The van der Waals surface area contributed by atoms with Crippen LogP contribution in [0.15, 0.2) is 42.5 Å². The van der Waals surface area contributed by atoms with Gasteiger partial charge in [-0.3, -0.25) is 9.59 Å². The zero-order valence-corrected chi connectivity index (χ0v) is 16.4. The summed E-state index contributed by atoms with van der Waals surface area (Å²) in [6.45, 7) is 0.213. The van der Waals surface area contributed by atoms with Crippen molar-refractivity contribution in [3.8, 4) is 11.5 Å². The van der Waals surface area contributed by atoms with E-state index in [-0.39, 0.29) is 24.8 Å². The Labute approximate surface area is 168 Å². The normalized spacial score (nSPS) is 15.8. The molecule has 1 aliphatic rings. The third kappa shape index (κ3) is 4.31. The summed E-state index contributed by atoms with van der Waals surface area (Å²) in [5, 5.41) is 2.77. The van der Waals surface area contributed by atoms with Crippen molar-refractivity contribution in [1.29, 1.82) is 0 Å². The number of methoxy groups -OCH3 is 3. The Balaban J connectivity index is 1.75. The smallest absolute Gasteiger partial charge is 0.337 e.